The number of hydrogen-bond acceptors (Lipinski definition) is 1. The van der Waals surface area contributed by atoms with Crippen molar-refractivity contribution in [1.82, 2.24) is 4.98 Å². The maximum atomic E-state index is 13.8. The van der Waals surface area contributed by atoms with Crippen molar-refractivity contribution < 1.29 is 9.18 Å². The first kappa shape index (κ1) is 15.3. The number of hydrogen-bond donors (Lipinski definition) is 2. The topological polar surface area (TPSA) is 44.9 Å². The van der Waals surface area contributed by atoms with Gasteiger partial charge in [0, 0.05) is 16.6 Å². The number of anilines is 1. The largest absolute Gasteiger partial charge is 0.358 e. The second-order valence-corrected chi connectivity index (χ2v) is 6.23. The lowest BCUT2D eigenvalue weighted by Gasteiger charge is -2.25. The van der Waals surface area contributed by atoms with Gasteiger partial charge in [0.2, 0.25) is 5.91 Å². The van der Waals surface area contributed by atoms with E-state index in [-0.39, 0.29) is 11.6 Å². The van der Waals surface area contributed by atoms with Crippen LogP contribution in [0.3, 0.4) is 0 Å². The zero-order valence-corrected chi connectivity index (χ0v) is 13.4. The molecule has 0 aliphatic heterocycles. The molecule has 3 rings (SSSR count). The number of aromatic nitrogens is 1. The summed E-state index contributed by atoms with van der Waals surface area (Å²) < 4.78 is 13.8. The molecule has 0 radical (unpaired) electrons. The molecule has 1 aromatic heterocycles. The smallest absolute Gasteiger partial charge is 0.234 e. The van der Waals surface area contributed by atoms with E-state index in [2.05, 4.69) is 10.3 Å². The summed E-state index contributed by atoms with van der Waals surface area (Å²) in [6, 6.07) is 14.1. The molecule has 0 saturated heterocycles. The second kappa shape index (κ2) is 5.54. The van der Waals surface area contributed by atoms with Crippen molar-refractivity contribution in [2.75, 3.05) is 5.32 Å². The second-order valence-electron chi connectivity index (χ2n) is 6.23. The van der Waals surface area contributed by atoms with Gasteiger partial charge < -0.3 is 10.3 Å². The molecule has 0 aliphatic carbocycles. The Morgan fingerprint density at radius 3 is 2.48 bits per heavy atom. The van der Waals surface area contributed by atoms with Gasteiger partial charge in [0.1, 0.15) is 5.82 Å². The van der Waals surface area contributed by atoms with E-state index in [1.165, 1.54) is 6.07 Å². The molecule has 4 heteroatoms. The fraction of sp³-hybridized carbons (Fsp3) is 0.211. The molecule has 2 aromatic carbocycles. The molecule has 0 bridgehead atoms. The van der Waals surface area contributed by atoms with Gasteiger partial charge in [-0.25, -0.2) is 4.39 Å². The van der Waals surface area contributed by atoms with Crippen LogP contribution in [-0.2, 0) is 10.2 Å². The van der Waals surface area contributed by atoms with Gasteiger partial charge in [-0.2, -0.15) is 0 Å². The molecule has 118 valence electrons. The third kappa shape index (κ3) is 2.61. The molecule has 0 fully saturated rings. The molecule has 0 saturated carbocycles. The van der Waals surface area contributed by atoms with Gasteiger partial charge in [-0.15, -0.1) is 0 Å². The third-order valence-corrected chi connectivity index (χ3v) is 4.21. The molecule has 3 nitrogen and oxygen atoms in total. The fourth-order valence-electron chi connectivity index (χ4n) is 3.04. The Hall–Kier alpha value is -2.62. The molecule has 2 N–H and O–H groups in total. The van der Waals surface area contributed by atoms with Gasteiger partial charge in [-0.3, -0.25) is 4.79 Å². The number of benzene rings is 2. The van der Waals surface area contributed by atoms with Gasteiger partial charge in [0.15, 0.2) is 0 Å². The van der Waals surface area contributed by atoms with Crippen molar-refractivity contribution >= 4 is 22.5 Å². The summed E-state index contributed by atoms with van der Waals surface area (Å²) in [5, 5.41) is 3.72. The predicted octanol–water partition coefficient (Wildman–Crippen LogP) is 4.53. The number of rotatable bonds is 3. The number of fused-ring (bicyclic) bond motifs is 1. The number of nitrogens with one attached hydrogen (secondary N) is 2. The van der Waals surface area contributed by atoms with Crippen LogP contribution in [0.15, 0.2) is 48.5 Å². The zero-order valence-electron chi connectivity index (χ0n) is 13.4. The van der Waals surface area contributed by atoms with Gasteiger partial charge in [-0.1, -0.05) is 30.3 Å². The summed E-state index contributed by atoms with van der Waals surface area (Å²) in [6.45, 7) is 5.66. The molecule has 1 heterocycles. The van der Waals surface area contributed by atoms with Crippen LogP contribution >= 0.6 is 0 Å². The van der Waals surface area contributed by atoms with E-state index in [0.717, 1.165) is 22.2 Å². The molecule has 0 unspecified atom stereocenters. The summed E-state index contributed by atoms with van der Waals surface area (Å²) in [7, 11) is 0. The Bertz CT molecular complexity index is 880. The van der Waals surface area contributed by atoms with Crippen molar-refractivity contribution in [3.63, 3.8) is 0 Å². The monoisotopic (exact) mass is 310 g/mol. The Morgan fingerprint density at radius 1 is 1.09 bits per heavy atom. The number of para-hydroxylation sites is 2. The highest BCUT2D eigenvalue weighted by Gasteiger charge is 2.34. The first-order valence-corrected chi connectivity index (χ1v) is 7.55. The average Bonchev–Trinajstić information content (AvgIpc) is 2.85. The van der Waals surface area contributed by atoms with Crippen LogP contribution in [0.2, 0.25) is 0 Å². The lowest BCUT2D eigenvalue weighted by molar-refractivity contribution is -0.120. The predicted molar refractivity (Wildman–Crippen MR) is 91.1 cm³/mol. The number of carbonyl (C=O) groups is 1. The highest BCUT2D eigenvalue weighted by Crippen LogP contribution is 2.34. The van der Waals surface area contributed by atoms with Crippen molar-refractivity contribution in [2.24, 2.45) is 0 Å². The molecule has 23 heavy (non-hydrogen) atoms. The van der Waals surface area contributed by atoms with Crippen LogP contribution < -0.4 is 5.32 Å². The fourth-order valence-corrected chi connectivity index (χ4v) is 3.04. The molecule has 0 atom stereocenters. The van der Waals surface area contributed by atoms with Crippen LogP contribution in [0.1, 0.15) is 25.1 Å². The number of aromatic amines is 1. The Morgan fingerprint density at radius 2 is 1.74 bits per heavy atom. The maximum absolute atomic E-state index is 13.8. The van der Waals surface area contributed by atoms with E-state index in [4.69, 9.17) is 0 Å². The van der Waals surface area contributed by atoms with Gasteiger partial charge >= 0.3 is 0 Å². The van der Waals surface area contributed by atoms with Crippen LogP contribution in [0.5, 0.6) is 0 Å². The summed E-state index contributed by atoms with van der Waals surface area (Å²) in [4.78, 5) is 16.1. The highest BCUT2D eigenvalue weighted by molar-refractivity contribution is 6.02. The van der Waals surface area contributed by atoms with Gasteiger partial charge in [0.25, 0.3) is 0 Å². The van der Waals surface area contributed by atoms with Crippen molar-refractivity contribution in [3.8, 4) is 0 Å². The zero-order chi connectivity index (χ0) is 16.6. The maximum Gasteiger partial charge on any atom is 0.234 e. The lowest BCUT2D eigenvalue weighted by Crippen LogP contribution is -2.35. The van der Waals surface area contributed by atoms with Crippen LogP contribution in [-0.4, -0.2) is 10.9 Å². The number of carbonyl (C=O) groups excluding carboxylic acids is 1. The van der Waals surface area contributed by atoms with Crippen LogP contribution in [0.25, 0.3) is 10.9 Å². The minimum atomic E-state index is -0.800. The summed E-state index contributed by atoms with van der Waals surface area (Å²) in [6.07, 6.45) is 0. The normalized spacial score (nSPS) is 11.7. The Labute approximate surface area is 134 Å². The Balaban J connectivity index is 2.01. The minimum absolute atomic E-state index is 0.197. The highest BCUT2D eigenvalue weighted by atomic mass is 19.1. The third-order valence-electron chi connectivity index (χ3n) is 4.21. The Kier molecular flexibility index (Phi) is 3.68. The number of halogens is 1. The van der Waals surface area contributed by atoms with Crippen LogP contribution in [0, 0.1) is 12.7 Å². The van der Waals surface area contributed by atoms with Crippen molar-refractivity contribution in [3.05, 3.63) is 65.6 Å². The van der Waals surface area contributed by atoms with E-state index >= 15 is 0 Å². The van der Waals surface area contributed by atoms with E-state index in [1.54, 1.807) is 18.2 Å². The van der Waals surface area contributed by atoms with E-state index in [1.807, 2.05) is 45.0 Å². The van der Waals surface area contributed by atoms with E-state index in [0.29, 0.717) is 0 Å². The van der Waals surface area contributed by atoms with E-state index in [9.17, 15) is 9.18 Å². The van der Waals surface area contributed by atoms with Crippen molar-refractivity contribution in [2.45, 2.75) is 26.2 Å². The summed E-state index contributed by atoms with van der Waals surface area (Å²) in [5.74, 6) is -0.678. The number of H-pyrrole nitrogens is 1. The van der Waals surface area contributed by atoms with Crippen molar-refractivity contribution in [1.29, 1.82) is 0 Å². The first-order chi connectivity index (χ1) is 10.9. The first-order valence-electron chi connectivity index (χ1n) is 7.55. The standard InChI is InChI=1S/C19H19FN2O/c1-12-17(13-8-4-6-10-15(13)21-12)19(2,3)18(23)22-16-11-7-5-9-14(16)20/h4-11,21H,1-3H3,(H,22,23). The van der Waals surface area contributed by atoms with Gasteiger partial charge in [0.05, 0.1) is 11.1 Å². The van der Waals surface area contributed by atoms with E-state index < -0.39 is 11.2 Å². The summed E-state index contributed by atoms with van der Waals surface area (Å²) >= 11 is 0. The SMILES string of the molecule is Cc1[nH]c2ccccc2c1C(C)(C)C(=O)Nc1ccccc1F. The quantitative estimate of drug-likeness (QED) is 0.733. The average molecular weight is 310 g/mol. The molecule has 1 amide bonds. The minimum Gasteiger partial charge on any atom is -0.358 e. The number of amides is 1. The molecular weight excluding hydrogens is 291 g/mol. The summed E-state index contributed by atoms with van der Waals surface area (Å²) in [5.41, 5.74) is 2.27. The molecule has 0 aliphatic rings. The molecule has 3 aromatic rings. The van der Waals surface area contributed by atoms with Crippen LogP contribution in [0.4, 0.5) is 10.1 Å². The lowest BCUT2D eigenvalue weighted by atomic mass is 9.81. The van der Waals surface area contributed by atoms with Gasteiger partial charge in [-0.05, 0) is 44.5 Å². The number of aryl methyl sites for hydroxylation is 1. The molecular formula is C19H19FN2O. The molecule has 0 spiro atoms.